The molecule has 2 amide bonds. The van der Waals surface area contributed by atoms with Crippen molar-refractivity contribution in [2.75, 3.05) is 13.7 Å². The van der Waals surface area contributed by atoms with Gasteiger partial charge in [-0.3, -0.25) is 4.79 Å². The summed E-state index contributed by atoms with van der Waals surface area (Å²) >= 11 is 0. The Hall–Kier alpha value is -2.05. The number of carbonyl (C=O) groups excluding carboxylic acids is 2. The zero-order valence-electron chi connectivity index (χ0n) is 10.4. The molecule has 1 unspecified atom stereocenters. The Morgan fingerprint density at radius 3 is 3.11 bits per heavy atom. The summed E-state index contributed by atoms with van der Waals surface area (Å²) in [5, 5.41) is 2.47. The van der Waals surface area contributed by atoms with Gasteiger partial charge in [0, 0.05) is 13.0 Å². The van der Waals surface area contributed by atoms with Crippen LogP contribution >= 0.6 is 0 Å². The number of rotatable bonds is 2. The molecule has 0 aromatic carbocycles. The maximum atomic E-state index is 12.1. The molecule has 0 spiro atoms. The zero-order valence-corrected chi connectivity index (χ0v) is 10.4. The van der Waals surface area contributed by atoms with E-state index in [1.807, 2.05) is 0 Å². The summed E-state index contributed by atoms with van der Waals surface area (Å²) in [6.07, 6.45) is 1.76. The number of aromatic nitrogens is 2. The summed E-state index contributed by atoms with van der Waals surface area (Å²) in [6, 6.07) is -0.595. The van der Waals surface area contributed by atoms with Crippen LogP contribution in [-0.2, 0) is 22.5 Å². The first kappa shape index (κ1) is 12.4. The minimum Gasteiger partial charge on any atom is -0.453 e. The van der Waals surface area contributed by atoms with Crippen LogP contribution in [0.25, 0.3) is 0 Å². The lowest BCUT2D eigenvalue weighted by molar-refractivity contribution is -0.133. The smallest absolute Gasteiger partial charge is 0.407 e. The standard InChI is InChI=1S/C11H16N4O3/c1-7(14-11(17)18-2)10(16)15-4-3-8-9(5-15)13-6-12-8/h6-7H,3-5H2,1-2H3,(H,12,13)(H,14,17). The number of imidazole rings is 1. The van der Waals surface area contributed by atoms with Crippen molar-refractivity contribution in [2.45, 2.75) is 25.9 Å². The number of amides is 2. The van der Waals surface area contributed by atoms with Crippen LogP contribution in [0.15, 0.2) is 6.33 Å². The molecule has 18 heavy (non-hydrogen) atoms. The van der Waals surface area contributed by atoms with E-state index in [9.17, 15) is 9.59 Å². The summed E-state index contributed by atoms with van der Waals surface area (Å²) in [6.45, 7) is 2.76. The molecule has 7 heteroatoms. The average Bonchev–Trinajstić information content (AvgIpc) is 2.84. The van der Waals surface area contributed by atoms with E-state index in [-0.39, 0.29) is 5.91 Å². The first-order valence-corrected chi connectivity index (χ1v) is 5.76. The predicted octanol–water partition coefficient (Wildman–Crippen LogP) is 0.0389. The van der Waals surface area contributed by atoms with Crippen molar-refractivity contribution in [3.05, 3.63) is 17.7 Å². The average molecular weight is 252 g/mol. The number of methoxy groups -OCH3 is 1. The van der Waals surface area contributed by atoms with E-state index in [1.54, 1.807) is 18.2 Å². The first-order valence-electron chi connectivity index (χ1n) is 5.76. The van der Waals surface area contributed by atoms with Crippen LogP contribution in [0.5, 0.6) is 0 Å². The summed E-state index contributed by atoms with van der Waals surface area (Å²) in [5.41, 5.74) is 1.97. The number of hydrogen-bond donors (Lipinski definition) is 2. The second-order valence-electron chi connectivity index (χ2n) is 4.20. The molecule has 0 aliphatic carbocycles. The van der Waals surface area contributed by atoms with Crippen LogP contribution in [0.1, 0.15) is 18.3 Å². The van der Waals surface area contributed by atoms with E-state index < -0.39 is 12.1 Å². The zero-order chi connectivity index (χ0) is 13.1. The molecule has 98 valence electrons. The minimum atomic E-state index is -0.602. The molecule has 1 atom stereocenters. The number of nitrogens with one attached hydrogen (secondary N) is 2. The van der Waals surface area contributed by atoms with Crippen molar-refractivity contribution in [3.8, 4) is 0 Å². The van der Waals surface area contributed by atoms with E-state index >= 15 is 0 Å². The Morgan fingerprint density at radius 1 is 1.61 bits per heavy atom. The highest BCUT2D eigenvalue weighted by molar-refractivity contribution is 5.85. The normalized spacial score (nSPS) is 15.8. The van der Waals surface area contributed by atoms with Gasteiger partial charge in [-0.15, -0.1) is 0 Å². The van der Waals surface area contributed by atoms with E-state index in [0.29, 0.717) is 13.1 Å². The van der Waals surface area contributed by atoms with Gasteiger partial charge in [0.2, 0.25) is 5.91 Å². The highest BCUT2D eigenvalue weighted by Crippen LogP contribution is 2.15. The number of H-pyrrole nitrogens is 1. The van der Waals surface area contributed by atoms with Crippen molar-refractivity contribution in [3.63, 3.8) is 0 Å². The Labute approximate surface area is 105 Å². The maximum Gasteiger partial charge on any atom is 0.407 e. The van der Waals surface area contributed by atoms with Crippen molar-refractivity contribution in [1.29, 1.82) is 0 Å². The van der Waals surface area contributed by atoms with Gasteiger partial charge < -0.3 is 19.9 Å². The fourth-order valence-electron chi connectivity index (χ4n) is 1.97. The van der Waals surface area contributed by atoms with Gasteiger partial charge in [-0.25, -0.2) is 9.78 Å². The summed E-state index contributed by atoms with van der Waals surface area (Å²) in [5.74, 6) is -0.124. The number of fused-ring (bicyclic) bond motifs is 1. The number of hydrogen-bond acceptors (Lipinski definition) is 4. The lowest BCUT2D eigenvalue weighted by Crippen LogP contribution is -2.48. The van der Waals surface area contributed by atoms with Gasteiger partial charge in [0.15, 0.2) is 0 Å². The quantitative estimate of drug-likeness (QED) is 0.778. The molecular formula is C11H16N4O3. The molecule has 0 fully saturated rings. The fraction of sp³-hybridized carbons (Fsp3) is 0.545. The third kappa shape index (κ3) is 2.44. The lowest BCUT2D eigenvalue weighted by Gasteiger charge is -2.28. The number of nitrogens with zero attached hydrogens (tertiary/aromatic N) is 2. The maximum absolute atomic E-state index is 12.1. The molecule has 0 bridgehead atoms. The number of alkyl carbamates (subject to hydrolysis) is 1. The molecule has 1 aliphatic rings. The van der Waals surface area contributed by atoms with Crippen molar-refractivity contribution < 1.29 is 14.3 Å². The minimum absolute atomic E-state index is 0.124. The van der Waals surface area contributed by atoms with Crippen LogP contribution < -0.4 is 5.32 Å². The van der Waals surface area contributed by atoms with Crippen LogP contribution in [0.2, 0.25) is 0 Å². The van der Waals surface area contributed by atoms with E-state index in [2.05, 4.69) is 20.0 Å². The highest BCUT2D eigenvalue weighted by atomic mass is 16.5. The molecule has 1 aromatic rings. The van der Waals surface area contributed by atoms with Crippen LogP contribution in [0, 0.1) is 0 Å². The topological polar surface area (TPSA) is 87.3 Å². The van der Waals surface area contributed by atoms with Gasteiger partial charge in [0.25, 0.3) is 0 Å². The second kappa shape index (κ2) is 5.07. The highest BCUT2D eigenvalue weighted by Gasteiger charge is 2.26. The predicted molar refractivity (Wildman–Crippen MR) is 62.7 cm³/mol. The SMILES string of the molecule is COC(=O)NC(C)C(=O)N1CCc2nc[nH]c2C1. The summed E-state index contributed by atoms with van der Waals surface area (Å²) in [4.78, 5) is 32.0. The van der Waals surface area contributed by atoms with Crippen molar-refractivity contribution in [1.82, 2.24) is 20.2 Å². The molecule has 7 nitrogen and oxygen atoms in total. The van der Waals surface area contributed by atoms with Gasteiger partial charge >= 0.3 is 6.09 Å². The third-order valence-corrected chi connectivity index (χ3v) is 2.98. The Bertz CT molecular complexity index is 457. The molecular weight excluding hydrogens is 236 g/mol. The molecule has 1 aromatic heterocycles. The first-order chi connectivity index (χ1) is 8.61. The van der Waals surface area contributed by atoms with E-state index in [4.69, 9.17) is 0 Å². The van der Waals surface area contributed by atoms with Gasteiger partial charge in [-0.2, -0.15) is 0 Å². The van der Waals surface area contributed by atoms with E-state index in [0.717, 1.165) is 17.8 Å². The Balaban J connectivity index is 1.96. The van der Waals surface area contributed by atoms with Crippen LogP contribution in [0.3, 0.4) is 0 Å². The summed E-state index contributed by atoms with van der Waals surface area (Å²) < 4.78 is 4.47. The van der Waals surface area contributed by atoms with Gasteiger partial charge in [0.05, 0.1) is 31.4 Å². The molecule has 0 radical (unpaired) electrons. The van der Waals surface area contributed by atoms with Gasteiger partial charge in [-0.1, -0.05) is 0 Å². The fourth-order valence-corrected chi connectivity index (χ4v) is 1.97. The molecule has 2 heterocycles. The van der Waals surface area contributed by atoms with Gasteiger partial charge in [-0.05, 0) is 6.92 Å². The van der Waals surface area contributed by atoms with Gasteiger partial charge in [0.1, 0.15) is 6.04 Å². The monoisotopic (exact) mass is 252 g/mol. The van der Waals surface area contributed by atoms with Crippen molar-refractivity contribution >= 4 is 12.0 Å². The lowest BCUT2D eigenvalue weighted by atomic mass is 10.1. The number of aromatic amines is 1. The largest absolute Gasteiger partial charge is 0.453 e. The molecule has 0 saturated heterocycles. The molecule has 2 rings (SSSR count). The van der Waals surface area contributed by atoms with Crippen LogP contribution in [-0.4, -0.2) is 46.6 Å². The summed E-state index contributed by atoms with van der Waals surface area (Å²) in [7, 11) is 1.27. The molecule has 0 saturated carbocycles. The molecule has 2 N–H and O–H groups in total. The molecule has 1 aliphatic heterocycles. The van der Waals surface area contributed by atoms with Crippen LogP contribution in [0.4, 0.5) is 4.79 Å². The Kier molecular flexibility index (Phi) is 3.50. The Morgan fingerprint density at radius 2 is 2.39 bits per heavy atom. The second-order valence-corrected chi connectivity index (χ2v) is 4.20. The van der Waals surface area contributed by atoms with E-state index in [1.165, 1.54) is 7.11 Å². The third-order valence-electron chi connectivity index (χ3n) is 2.98. The van der Waals surface area contributed by atoms with Crippen molar-refractivity contribution in [2.24, 2.45) is 0 Å². The number of ether oxygens (including phenoxy) is 1. The number of carbonyl (C=O) groups is 2.